The molecule has 0 aromatic carbocycles. The van der Waals surface area contributed by atoms with Gasteiger partial charge in [-0.15, -0.1) is 0 Å². The Labute approximate surface area is 73.9 Å². The molecule has 0 saturated carbocycles. The van der Waals surface area contributed by atoms with Gasteiger partial charge < -0.3 is 15.1 Å². The van der Waals surface area contributed by atoms with Crippen LogP contribution in [0.3, 0.4) is 0 Å². The van der Waals surface area contributed by atoms with Crippen LogP contribution in [0.15, 0.2) is 16.5 Å². The summed E-state index contributed by atoms with van der Waals surface area (Å²) in [5, 5.41) is 5.64. The Kier molecular flexibility index (Phi) is 1.69. The van der Waals surface area contributed by atoms with Crippen molar-refractivity contribution in [2.24, 2.45) is 0 Å². The van der Waals surface area contributed by atoms with Gasteiger partial charge in [0.1, 0.15) is 11.8 Å². The van der Waals surface area contributed by atoms with Crippen molar-refractivity contribution in [1.29, 1.82) is 0 Å². The molecular weight excluding hydrogens is 180 g/mol. The third-order valence-corrected chi connectivity index (χ3v) is 1.91. The number of hydrogen-bond acceptors (Lipinski definition) is 2. The number of urea groups is 1. The van der Waals surface area contributed by atoms with E-state index in [0.717, 1.165) is 0 Å². The maximum atomic E-state index is 10.7. The Hall–Kier alpha value is -1.16. The maximum absolute atomic E-state index is 10.7. The highest BCUT2D eigenvalue weighted by Crippen LogP contribution is 2.20. The van der Waals surface area contributed by atoms with Crippen LogP contribution in [0.2, 0.25) is 5.22 Å². The van der Waals surface area contributed by atoms with Crippen LogP contribution in [0, 0.1) is 0 Å². The summed E-state index contributed by atoms with van der Waals surface area (Å²) in [6.07, 6.45) is 0. The standard InChI is InChI=1S/C7H7ClN2O2/c8-6-2-1-5(12-6)4-3-9-7(11)10-4/h1-2,4H,3H2,(H2,9,10,11)/t4-/m0/s1. The highest BCUT2D eigenvalue weighted by Gasteiger charge is 2.23. The molecule has 0 radical (unpaired) electrons. The average molecular weight is 187 g/mol. The van der Waals surface area contributed by atoms with Gasteiger partial charge >= 0.3 is 6.03 Å². The molecule has 5 heteroatoms. The summed E-state index contributed by atoms with van der Waals surface area (Å²) in [4.78, 5) is 10.7. The van der Waals surface area contributed by atoms with Crippen molar-refractivity contribution < 1.29 is 9.21 Å². The number of rotatable bonds is 1. The molecule has 1 atom stereocenters. The fraction of sp³-hybridized carbons (Fsp3) is 0.286. The number of carbonyl (C=O) groups excluding carboxylic acids is 1. The van der Waals surface area contributed by atoms with E-state index in [1.54, 1.807) is 12.1 Å². The van der Waals surface area contributed by atoms with Gasteiger partial charge in [-0.05, 0) is 23.7 Å². The van der Waals surface area contributed by atoms with Gasteiger partial charge in [0.05, 0.1) is 0 Å². The Morgan fingerprint density at radius 1 is 1.58 bits per heavy atom. The third-order valence-electron chi connectivity index (χ3n) is 1.71. The van der Waals surface area contributed by atoms with Gasteiger partial charge in [-0.2, -0.15) is 0 Å². The first-order chi connectivity index (χ1) is 5.75. The second-order valence-corrected chi connectivity index (χ2v) is 2.92. The van der Waals surface area contributed by atoms with Gasteiger partial charge in [0.2, 0.25) is 0 Å². The van der Waals surface area contributed by atoms with Gasteiger partial charge in [-0.25, -0.2) is 4.79 Å². The second-order valence-electron chi connectivity index (χ2n) is 2.55. The first-order valence-electron chi connectivity index (χ1n) is 3.55. The molecule has 2 rings (SSSR count). The van der Waals surface area contributed by atoms with Crippen LogP contribution in [0.25, 0.3) is 0 Å². The van der Waals surface area contributed by atoms with E-state index in [1.165, 1.54) is 0 Å². The lowest BCUT2D eigenvalue weighted by molar-refractivity contribution is 0.247. The Balaban J connectivity index is 2.15. The van der Waals surface area contributed by atoms with Gasteiger partial charge in [0.15, 0.2) is 5.22 Å². The van der Waals surface area contributed by atoms with Gasteiger partial charge in [-0.1, -0.05) is 0 Å². The van der Waals surface area contributed by atoms with Crippen LogP contribution in [-0.2, 0) is 0 Å². The molecule has 1 aliphatic rings. The SMILES string of the molecule is O=C1NC[C@@H](c2ccc(Cl)o2)N1. The molecule has 0 spiro atoms. The average Bonchev–Trinajstić information content (AvgIpc) is 2.58. The zero-order valence-corrected chi connectivity index (χ0v) is 6.89. The van der Waals surface area contributed by atoms with Crippen LogP contribution < -0.4 is 10.6 Å². The quantitative estimate of drug-likeness (QED) is 0.695. The Morgan fingerprint density at radius 3 is 2.92 bits per heavy atom. The number of hydrogen-bond donors (Lipinski definition) is 2. The number of carbonyl (C=O) groups is 1. The smallest absolute Gasteiger partial charge is 0.315 e. The van der Waals surface area contributed by atoms with E-state index in [-0.39, 0.29) is 12.1 Å². The van der Waals surface area contributed by atoms with E-state index in [4.69, 9.17) is 16.0 Å². The molecule has 4 nitrogen and oxygen atoms in total. The van der Waals surface area contributed by atoms with E-state index in [1.807, 2.05) is 0 Å². The number of halogens is 1. The van der Waals surface area contributed by atoms with Crippen LogP contribution in [-0.4, -0.2) is 12.6 Å². The summed E-state index contributed by atoms with van der Waals surface area (Å²) in [6, 6.07) is 3.14. The first kappa shape index (κ1) is 7.49. The monoisotopic (exact) mass is 186 g/mol. The van der Waals surface area contributed by atoms with Gasteiger partial charge in [0.25, 0.3) is 0 Å². The third kappa shape index (κ3) is 1.25. The van der Waals surface area contributed by atoms with Crippen LogP contribution in [0.4, 0.5) is 4.79 Å². The summed E-state index contributed by atoms with van der Waals surface area (Å²) in [6.45, 7) is 0.544. The summed E-state index contributed by atoms with van der Waals surface area (Å²) in [5.74, 6) is 0.679. The lowest BCUT2D eigenvalue weighted by Crippen LogP contribution is -2.21. The summed E-state index contributed by atoms with van der Waals surface area (Å²) < 4.78 is 5.13. The van der Waals surface area contributed by atoms with E-state index in [2.05, 4.69) is 10.6 Å². The largest absolute Gasteiger partial charge is 0.447 e. The molecule has 0 aliphatic carbocycles. The Morgan fingerprint density at radius 2 is 2.42 bits per heavy atom. The summed E-state index contributed by atoms with van der Waals surface area (Å²) in [5.41, 5.74) is 0. The normalized spacial score (nSPS) is 22.1. The lowest BCUT2D eigenvalue weighted by Gasteiger charge is -2.02. The van der Waals surface area contributed by atoms with Crippen molar-refractivity contribution in [3.8, 4) is 0 Å². The minimum Gasteiger partial charge on any atom is -0.447 e. The number of furan rings is 1. The minimum absolute atomic E-state index is 0.0926. The van der Waals surface area contributed by atoms with E-state index < -0.39 is 0 Å². The molecule has 2 heterocycles. The van der Waals surface area contributed by atoms with Gasteiger partial charge in [-0.3, -0.25) is 0 Å². The van der Waals surface area contributed by atoms with Crippen molar-refractivity contribution in [2.45, 2.75) is 6.04 Å². The highest BCUT2D eigenvalue weighted by atomic mass is 35.5. The fourth-order valence-corrected chi connectivity index (χ4v) is 1.29. The molecule has 1 aromatic heterocycles. The fourth-order valence-electron chi connectivity index (χ4n) is 1.14. The predicted molar refractivity (Wildman–Crippen MR) is 43.0 cm³/mol. The zero-order chi connectivity index (χ0) is 8.55. The minimum atomic E-state index is -0.174. The molecule has 0 unspecified atom stereocenters. The molecule has 1 aliphatic heterocycles. The topological polar surface area (TPSA) is 54.3 Å². The maximum Gasteiger partial charge on any atom is 0.315 e. The van der Waals surface area contributed by atoms with E-state index in [9.17, 15) is 4.79 Å². The Bertz CT molecular complexity index is 310. The molecule has 0 bridgehead atoms. The van der Waals surface area contributed by atoms with Crippen molar-refractivity contribution in [3.05, 3.63) is 23.1 Å². The summed E-state index contributed by atoms with van der Waals surface area (Å²) in [7, 11) is 0. The molecule has 12 heavy (non-hydrogen) atoms. The van der Waals surface area contributed by atoms with Gasteiger partial charge in [0, 0.05) is 6.54 Å². The molecular formula is C7H7ClN2O2. The number of amides is 2. The predicted octanol–water partition coefficient (Wildman–Crippen LogP) is 1.29. The highest BCUT2D eigenvalue weighted by molar-refractivity contribution is 6.28. The van der Waals surface area contributed by atoms with Crippen molar-refractivity contribution in [3.63, 3.8) is 0 Å². The molecule has 64 valence electrons. The van der Waals surface area contributed by atoms with Crippen LogP contribution >= 0.6 is 11.6 Å². The van der Waals surface area contributed by atoms with Crippen molar-refractivity contribution in [2.75, 3.05) is 6.54 Å². The van der Waals surface area contributed by atoms with E-state index >= 15 is 0 Å². The van der Waals surface area contributed by atoms with Crippen molar-refractivity contribution in [1.82, 2.24) is 10.6 Å². The molecule has 2 N–H and O–H groups in total. The molecule has 1 aromatic rings. The van der Waals surface area contributed by atoms with Crippen molar-refractivity contribution >= 4 is 17.6 Å². The zero-order valence-electron chi connectivity index (χ0n) is 6.13. The number of nitrogens with one attached hydrogen (secondary N) is 2. The van der Waals surface area contributed by atoms with Crippen LogP contribution in [0.5, 0.6) is 0 Å². The molecule has 1 saturated heterocycles. The van der Waals surface area contributed by atoms with E-state index in [0.29, 0.717) is 17.5 Å². The first-order valence-corrected chi connectivity index (χ1v) is 3.93. The second kappa shape index (κ2) is 2.71. The molecule has 2 amide bonds. The lowest BCUT2D eigenvalue weighted by atomic mass is 10.2. The summed E-state index contributed by atoms with van der Waals surface area (Å²) >= 11 is 5.58. The van der Waals surface area contributed by atoms with Crippen LogP contribution in [0.1, 0.15) is 11.8 Å². The molecule has 1 fully saturated rings.